The largest absolute Gasteiger partial charge is 0.439 e. The second-order valence-corrected chi connectivity index (χ2v) is 6.46. The molecule has 0 radical (unpaired) electrons. The quantitative estimate of drug-likeness (QED) is 0.933. The van der Waals surface area contributed by atoms with E-state index in [-0.39, 0.29) is 11.9 Å². The zero-order valence-corrected chi connectivity index (χ0v) is 13.3. The molecule has 0 unspecified atom stereocenters. The Hall–Kier alpha value is -2.63. The van der Waals surface area contributed by atoms with Crippen LogP contribution in [0.4, 0.5) is 5.95 Å². The predicted molar refractivity (Wildman–Crippen MR) is 89.7 cm³/mol. The SMILES string of the molecule is NC(=O)[C@@H]1[C@@H]2CCC[C@@H]2CN1c1nccc(Oc2ccccc2)n1. The van der Waals surface area contributed by atoms with Gasteiger partial charge in [-0.25, -0.2) is 4.98 Å². The minimum atomic E-state index is -0.315. The molecule has 0 bridgehead atoms. The average Bonchev–Trinajstić information content (AvgIpc) is 3.16. The summed E-state index contributed by atoms with van der Waals surface area (Å²) in [4.78, 5) is 22.8. The van der Waals surface area contributed by atoms with Crippen molar-refractivity contribution in [2.75, 3.05) is 11.4 Å². The first-order valence-electron chi connectivity index (χ1n) is 8.34. The highest BCUT2D eigenvalue weighted by Gasteiger charge is 2.47. The fourth-order valence-electron chi connectivity index (χ4n) is 4.01. The summed E-state index contributed by atoms with van der Waals surface area (Å²) in [6.45, 7) is 0.785. The zero-order valence-electron chi connectivity index (χ0n) is 13.3. The number of hydrogen-bond acceptors (Lipinski definition) is 5. The summed E-state index contributed by atoms with van der Waals surface area (Å²) >= 11 is 0. The van der Waals surface area contributed by atoms with Gasteiger partial charge < -0.3 is 15.4 Å². The van der Waals surface area contributed by atoms with Crippen molar-refractivity contribution in [3.8, 4) is 11.6 Å². The summed E-state index contributed by atoms with van der Waals surface area (Å²) in [7, 11) is 0. The fraction of sp³-hybridized carbons (Fsp3) is 0.389. The summed E-state index contributed by atoms with van der Waals surface area (Å²) in [6.07, 6.45) is 5.03. The van der Waals surface area contributed by atoms with E-state index in [0.717, 1.165) is 19.4 Å². The van der Waals surface area contributed by atoms with Crippen LogP contribution in [0.15, 0.2) is 42.6 Å². The molecule has 2 fully saturated rings. The Labute approximate surface area is 140 Å². The van der Waals surface area contributed by atoms with Crippen LogP contribution in [-0.2, 0) is 4.79 Å². The third-order valence-corrected chi connectivity index (χ3v) is 5.02. The van der Waals surface area contributed by atoms with E-state index in [0.29, 0.717) is 29.4 Å². The van der Waals surface area contributed by atoms with Gasteiger partial charge in [-0.05, 0) is 36.8 Å². The minimum Gasteiger partial charge on any atom is -0.439 e. The lowest BCUT2D eigenvalue weighted by Gasteiger charge is -2.25. The number of benzene rings is 1. The van der Waals surface area contributed by atoms with Crippen molar-refractivity contribution in [2.24, 2.45) is 17.6 Å². The van der Waals surface area contributed by atoms with Gasteiger partial charge in [0, 0.05) is 18.8 Å². The summed E-state index contributed by atoms with van der Waals surface area (Å²) in [6, 6.07) is 10.9. The van der Waals surface area contributed by atoms with Gasteiger partial charge >= 0.3 is 0 Å². The third kappa shape index (κ3) is 2.68. The maximum Gasteiger partial charge on any atom is 0.240 e. The number of rotatable bonds is 4. The second-order valence-electron chi connectivity index (χ2n) is 6.46. The molecule has 6 heteroatoms. The first kappa shape index (κ1) is 14.9. The maximum absolute atomic E-state index is 12.0. The molecule has 2 aliphatic rings. The number of ether oxygens (including phenoxy) is 1. The standard InChI is InChI=1S/C18H20N4O2/c19-17(23)16-14-8-4-5-12(14)11-22(16)18-20-10-9-15(21-18)24-13-6-2-1-3-7-13/h1-3,6-7,9-10,12,14,16H,4-5,8,11H2,(H2,19,23)/t12-,14-,16+/m1/s1. The number of hydrogen-bond donors (Lipinski definition) is 1. The van der Waals surface area contributed by atoms with Crippen LogP contribution in [0.1, 0.15) is 19.3 Å². The van der Waals surface area contributed by atoms with E-state index in [2.05, 4.69) is 9.97 Å². The number of amides is 1. The van der Waals surface area contributed by atoms with Gasteiger partial charge in [-0.15, -0.1) is 0 Å². The molecule has 6 nitrogen and oxygen atoms in total. The van der Waals surface area contributed by atoms with Crippen LogP contribution in [0, 0.1) is 11.8 Å². The molecule has 1 saturated carbocycles. The van der Waals surface area contributed by atoms with Gasteiger partial charge in [-0.3, -0.25) is 4.79 Å². The van der Waals surface area contributed by atoms with Crippen molar-refractivity contribution in [2.45, 2.75) is 25.3 Å². The van der Waals surface area contributed by atoms with E-state index in [9.17, 15) is 4.79 Å². The molecule has 2 aromatic rings. The first-order valence-corrected chi connectivity index (χ1v) is 8.34. The van der Waals surface area contributed by atoms with Crippen molar-refractivity contribution in [3.05, 3.63) is 42.6 Å². The first-order chi connectivity index (χ1) is 11.7. The second kappa shape index (κ2) is 6.11. The number of carbonyl (C=O) groups is 1. The Balaban J connectivity index is 1.60. The highest BCUT2D eigenvalue weighted by atomic mass is 16.5. The Morgan fingerprint density at radius 3 is 2.83 bits per heavy atom. The fourth-order valence-corrected chi connectivity index (χ4v) is 4.01. The maximum atomic E-state index is 12.0. The minimum absolute atomic E-state index is 0.289. The van der Waals surface area contributed by atoms with Crippen molar-refractivity contribution in [3.63, 3.8) is 0 Å². The van der Waals surface area contributed by atoms with Crippen LogP contribution in [0.25, 0.3) is 0 Å². The van der Waals surface area contributed by atoms with Crippen LogP contribution in [0.2, 0.25) is 0 Å². The smallest absolute Gasteiger partial charge is 0.240 e. The van der Waals surface area contributed by atoms with Crippen LogP contribution >= 0.6 is 0 Å². The van der Waals surface area contributed by atoms with Crippen LogP contribution < -0.4 is 15.4 Å². The van der Waals surface area contributed by atoms with E-state index in [1.165, 1.54) is 6.42 Å². The number of primary amides is 1. The predicted octanol–water partition coefficient (Wildman–Crippen LogP) is 2.36. The Morgan fingerprint density at radius 1 is 1.21 bits per heavy atom. The molecular formula is C18H20N4O2. The van der Waals surface area contributed by atoms with E-state index >= 15 is 0 Å². The Bertz CT molecular complexity index is 737. The van der Waals surface area contributed by atoms with Crippen molar-refractivity contribution >= 4 is 11.9 Å². The van der Waals surface area contributed by atoms with Gasteiger partial charge in [0.1, 0.15) is 11.8 Å². The van der Waals surface area contributed by atoms with E-state index in [1.54, 1.807) is 12.3 Å². The van der Waals surface area contributed by atoms with Crippen molar-refractivity contribution < 1.29 is 9.53 Å². The van der Waals surface area contributed by atoms with Crippen LogP contribution in [0.3, 0.4) is 0 Å². The van der Waals surface area contributed by atoms with E-state index in [4.69, 9.17) is 10.5 Å². The summed E-state index contributed by atoms with van der Waals surface area (Å²) < 4.78 is 5.77. The molecule has 3 atom stereocenters. The lowest BCUT2D eigenvalue weighted by Crippen LogP contribution is -2.44. The van der Waals surface area contributed by atoms with E-state index < -0.39 is 0 Å². The number of nitrogens with zero attached hydrogens (tertiary/aromatic N) is 3. The lowest BCUT2D eigenvalue weighted by molar-refractivity contribution is -0.120. The molecule has 124 valence electrons. The third-order valence-electron chi connectivity index (χ3n) is 5.02. The molecule has 1 saturated heterocycles. The van der Waals surface area contributed by atoms with E-state index in [1.807, 2.05) is 35.2 Å². The van der Waals surface area contributed by atoms with Gasteiger partial charge in [0.05, 0.1) is 0 Å². The molecule has 2 N–H and O–H groups in total. The van der Waals surface area contributed by atoms with Gasteiger partial charge in [0.2, 0.25) is 17.7 Å². The number of fused-ring (bicyclic) bond motifs is 1. The molecular weight excluding hydrogens is 304 g/mol. The molecule has 1 aliphatic heterocycles. The molecule has 24 heavy (non-hydrogen) atoms. The molecule has 1 amide bonds. The topological polar surface area (TPSA) is 81.3 Å². The lowest BCUT2D eigenvalue weighted by atomic mass is 9.94. The molecule has 0 spiro atoms. The molecule has 1 aromatic heterocycles. The zero-order chi connectivity index (χ0) is 16.5. The number of para-hydroxylation sites is 1. The number of nitrogens with two attached hydrogens (primary N) is 1. The average molecular weight is 324 g/mol. The molecule has 1 aliphatic carbocycles. The van der Waals surface area contributed by atoms with Gasteiger partial charge in [-0.2, -0.15) is 4.98 Å². The Kier molecular flexibility index (Phi) is 3.80. The summed E-state index contributed by atoms with van der Waals surface area (Å²) in [5, 5.41) is 0. The molecule has 2 heterocycles. The normalized spacial score (nSPS) is 25.5. The number of aromatic nitrogens is 2. The number of anilines is 1. The molecule has 1 aromatic carbocycles. The monoisotopic (exact) mass is 324 g/mol. The van der Waals surface area contributed by atoms with Crippen LogP contribution in [-0.4, -0.2) is 28.5 Å². The summed E-state index contributed by atoms with van der Waals surface area (Å²) in [5.74, 6) is 2.23. The molecule has 4 rings (SSSR count). The highest BCUT2D eigenvalue weighted by Crippen LogP contribution is 2.43. The Morgan fingerprint density at radius 2 is 2.04 bits per heavy atom. The highest BCUT2D eigenvalue weighted by molar-refractivity contribution is 5.84. The van der Waals surface area contributed by atoms with Crippen molar-refractivity contribution in [1.29, 1.82) is 0 Å². The van der Waals surface area contributed by atoms with Gasteiger partial charge in [0.15, 0.2) is 0 Å². The van der Waals surface area contributed by atoms with Gasteiger partial charge in [-0.1, -0.05) is 24.6 Å². The summed E-state index contributed by atoms with van der Waals surface area (Å²) in [5.41, 5.74) is 5.68. The van der Waals surface area contributed by atoms with Gasteiger partial charge in [0.25, 0.3) is 0 Å². The number of carbonyl (C=O) groups excluding carboxylic acids is 1. The van der Waals surface area contributed by atoms with Crippen LogP contribution in [0.5, 0.6) is 11.6 Å². The van der Waals surface area contributed by atoms with Crippen molar-refractivity contribution in [1.82, 2.24) is 9.97 Å².